The molecule has 2 heterocycles. The number of fused-ring (bicyclic) bond motifs is 3. The molecule has 4 rings (SSSR count). The van der Waals surface area contributed by atoms with Crippen molar-refractivity contribution in [2.45, 2.75) is 0 Å². The summed E-state index contributed by atoms with van der Waals surface area (Å²) in [5.74, 6) is 0. The Bertz CT molecular complexity index is 915. The molecule has 2 aromatic carbocycles. The molecule has 0 spiro atoms. The van der Waals surface area contributed by atoms with Crippen LogP contribution in [0.25, 0.3) is 27.7 Å². The summed E-state index contributed by atoms with van der Waals surface area (Å²) in [5.41, 5.74) is 3.85. The molecule has 0 aliphatic rings. The van der Waals surface area contributed by atoms with Crippen molar-refractivity contribution in [3.05, 3.63) is 59.6 Å². The van der Waals surface area contributed by atoms with Crippen molar-refractivity contribution in [1.29, 1.82) is 0 Å². The number of hydrogen-bond donors (Lipinski definition) is 0. The van der Waals surface area contributed by atoms with Gasteiger partial charge in [-0.1, -0.05) is 41.9 Å². The van der Waals surface area contributed by atoms with Crippen LogP contribution in [0.15, 0.2) is 54.6 Å². The maximum absolute atomic E-state index is 6.14. The number of pyridine rings is 1. The summed E-state index contributed by atoms with van der Waals surface area (Å²) < 4.78 is 1.72. The Hall–Kier alpha value is -2.46. The Morgan fingerprint density at radius 2 is 1.80 bits per heavy atom. The van der Waals surface area contributed by atoms with E-state index in [1.54, 1.807) is 4.52 Å². The van der Waals surface area contributed by atoms with Crippen molar-refractivity contribution in [3.8, 4) is 11.1 Å². The zero-order valence-corrected chi connectivity index (χ0v) is 11.1. The number of tetrazole rings is 1. The second-order valence-electron chi connectivity index (χ2n) is 4.53. The maximum atomic E-state index is 6.14. The van der Waals surface area contributed by atoms with E-state index in [9.17, 15) is 0 Å². The van der Waals surface area contributed by atoms with Crippen molar-refractivity contribution in [2.24, 2.45) is 0 Å². The molecule has 4 nitrogen and oxygen atoms in total. The van der Waals surface area contributed by atoms with Gasteiger partial charge in [-0.3, -0.25) is 0 Å². The van der Waals surface area contributed by atoms with Gasteiger partial charge in [-0.25, -0.2) is 0 Å². The topological polar surface area (TPSA) is 43.1 Å². The molecule has 5 heteroatoms. The van der Waals surface area contributed by atoms with E-state index in [1.165, 1.54) is 0 Å². The van der Waals surface area contributed by atoms with E-state index in [0.717, 1.165) is 27.7 Å². The molecular weight excluding hydrogens is 272 g/mol. The fourth-order valence-corrected chi connectivity index (χ4v) is 2.60. The SMILES string of the molecule is Clc1ccc2c(c1)c(-c1ccccc1)cc1nnnn12. The number of benzene rings is 2. The van der Waals surface area contributed by atoms with E-state index in [2.05, 4.69) is 27.7 Å². The van der Waals surface area contributed by atoms with Crippen LogP contribution in [0.5, 0.6) is 0 Å². The molecule has 0 amide bonds. The molecule has 0 aliphatic carbocycles. The molecule has 0 unspecified atom stereocenters. The minimum absolute atomic E-state index is 0.696. The first-order valence-corrected chi connectivity index (χ1v) is 6.56. The number of hydrogen-bond acceptors (Lipinski definition) is 3. The summed E-state index contributed by atoms with van der Waals surface area (Å²) in [6, 6.07) is 17.9. The lowest BCUT2D eigenvalue weighted by atomic mass is 10.0. The average molecular weight is 281 g/mol. The third kappa shape index (κ3) is 1.66. The van der Waals surface area contributed by atoms with Crippen LogP contribution in [0.3, 0.4) is 0 Å². The highest BCUT2D eigenvalue weighted by Crippen LogP contribution is 2.31. The van der Waals surface area contributed by atoms with Crippen molar-refractivity contribution < 1.29 is 0 Å². The second-order valence-corrected chi connectivity index (χ2v) is 4.97. The number of rotatable bonds is 1. The van der Waals surface area contributed by atoms with Crippen LogP contribution in [0.4, 0.5) is 0 Å². The fourth-order valence-electron chi connectivity index (χ4n) is 2.43. The second kappa shape index (κ2) is 4.28. The molecule has 0 N–H and O–H groups in total. The summed E-state index contributed by atoms with van der Waals surface area (Å²) in [4.78, 5) is 0. The summed E-state index contributed by atoms with van der Waals surface area (Å²) in [6.45, 7) is 0. The monoisotopic (exact) mass is 280 g/mol. The molecule has 2 aromatic heterocycles. The lowest BCUT2D eigenvalue weighted by molar-refractivity contribution is 0.842. The van der Waals surface area contributed by atoms with Crippen LogP contribution < -0.4 is 0 Å². The maximum Gasteiger partial charge on any atom is 0.180 e. The van der Waals surface area contributed by atoms with Crippen molar-refractivity contribution >= 4 is 28.2 Å². The molecule has 96 valence electrons. The zero-order chi connectivity index (χ0) is 13.5. The molecule has 0 radical (unpaired) electrons. The Morgan fingerprint density at radius 1 is 0.950 bits per heavy atom. The van der Waals surface area contributed by atoms with Crippen LogP contribution in [0, 0.1) is 0 Å². The third-order valence-corrected chi connectivity index (χ3v) is 3.56. The van der Waals surface area contributed by atoms with Crippen LogP contribution in [0.2, 0.25) is 5.02 Å². The minimum Gasteiger partial charge on any atom is -0.193 e. The van der Waals surface area contributed by atoms with Gasteiger partial charge in [-0.05, 0) is 45.8 Å². The van der Waals surface area contributed by atoms with Gasteiger partial charge in [0.05, 0.1) is 5.52 Å². The normalized spacial score (nSPS) is 11.2. The Kier molecular flexibility index (Phi) is 2.44. The molecule has 0 saturated carbocycles. The van der Waals surface area contributed by atoms with Gasteiger partial charge in [0.1, 0.15) is 0 Å². The summed E-state index contributed by atoms with van der Waals surface area (Å²) >= 11 is 6.14. The average Bonchev–Trinajstić information content (AvgIpc) is 2.95. The first kappa shape index (κ1) is 11.4. The molecular formula is C15H9ClN4. The lowest BCUT2D eigenvalue weighted by Gasteiger charge is -2.08. The smallest absolute Gasteiger partial charge is 0.180 e. The van der Waals surface area contributed by atoms with Gasteiger partial charge in [-0.2, -0.15) is 4.52 Å². The largest absolute Gasteiger partial charge is 0.193 e. The van der Waals surface area contributed by atoms with Crippen molar-refractivity contribution in [2.75, 3.05) is 0 Å². The van der Waals surface area contributed by atoms with Crippen molar-refractivity contribution in [1.82, 2.24) is 20.0 Å². The van der Waals surface area contributed by atoms with Crippen LogP contribution in [-0.2, 0) is 0 Å². The highest BCUT2D eigenvalue weighted by molar-refractivity contribution is 6.31. The molecule has 0 fully saturated rings. The highest BCUT2D eigenvalue weighted by Gasteiger charge is 2.10. The van der Waals surface area contributed by atoms with E-state index < -0.39 is 0 Å². The summed E-state index contributed by atoms with van der Waals surface area (Å²) in [7, 11) is 0. The lowest BCUT2D eigenvalue weighted by Crippen LogP contribution is -1.93. The van der Waals surface area contributed by atoms with Gasteiger partial charge in [0.25, 0.3) is 0 Å². The quantitative estimate of drug-likeness (QED) is 0.535. The predicted octanol–water partition coefficient (Wildman–Crippen LogP) is 3.60. The predicted molar refractivity (Wildman–Crippen MR) is 78.7 cm³/mol. The van der Waals surface area contributed by atoms with Crippen molar-refractivity contribution in [3.63, 3.8) is 0 Å². The molecule has 4 aromatic rings. The van der Waals surface area contributed by atoms with Crippen LogP contribution >= 0.6 is 11.6 Å². The summed E-state index contributed by atoms with van der Waals surface area (Å²) in [5, 5.41) is 13.5. The molecule has 0 bridgehead atoms. The van der Waals surface area contributed by atoms with Crippen LogP contribution in [-0.4, -0.2) is 20.0 Å². The first-order valence-electron chi connectivity index (χ1n) is 6.19. The standard InChI is InChI=1S/C15H9ClN4/c16-11-6-7-14-13(8-11)12(10-4-2-1-3-5-10)9-15-17-18-19-20(14)15/h1-9H. The number of halogens is 1. The Balaban J connectivity index is 2.19. The van der Waals surface area contributed by atoms with E-state index in [4.69, 9.17) is 11.6 Å². The van der Waals surface area contributed by atoms with E-state index in [0.29, 0.717) is 5.02 Å². The van der Waals surface area contributed by atoms with Gasteiger partial charge < -0.3 is 0 Å². The zero-order valence-electron chi connectivity index (χ0n) is 10.4. The highest BCUT2D eigenvalue weighted by atomic mass is 35.5. The fraction of sp³-hybridized carbons (Fsp3) is 0. The van der Waals surface area contributed by atoms with Gasteiger partial charge in [-0.15, -0.1) is 5.10 Å². The minimum atomic E-state index is 0.696. The Labute approximate surface area is 119 Å². The van der Waals surface area contributed by atoms with E-state index in [1.807, 2.05) is 42.5 Å². The van der Waals surface area contributed by atoms with Gasteiger partial charge in [0.15, 0.2) is 5.65 Å². The molecule has 20 heavy (non-hydrogen) atoms. The number of aromatic nitrogens is 4. The Morgan fingerprint density at radius 3 is 2.65 bits per heavy atom. The van der Waals surface area contributed by atoms with Gasteiger partial charge in [0, 0.05) is 10.4 Å². The third-order valence-electron chi connectivity index (χ3n) is 3.33. The first-order chi connectivity index (χ1) is 9.83. The van der Waals surface area contributed by atoms with Gasteiger partial charge in [0.2, 0.25) is 0 Å². The number of nitrogens with zero attached hydrogens (tertiary/aromatic N) is 4. The summed E-state index contributed by atoms with van der Waals surface area (Å²) in [6.07, 6.45) is 0. The molecule has 0 atom stereocenters. The van der Waals surface area contributed by atoms with Gasteiger partial charge >= 0.3 is 0 Å². The van der Waals surface area contributed by atoms with E-state index in [-0.39, 0.29) is 0 Å². The van der Waals surface area contributed by atoms with E-state index >= 15 is 0 Å². The molecule has 0 aliphatic heterocycles. The molecule has 0 saturated heterocycles. The van der Waals surface area contributed by atoms with Crippen LogP contribution in [0.1, 0.15) is 0 Å².